The SMILES string of the molecule is COc1ccc(OC)c(C(O)CNCCC2CC2)c1. The molecule has 1 unspecified atom stereocenters. The Balaban J connectivity index is 1.89. The molecule has 0 amide bonds. The van der Waals surface area contributed by atoms with E-state index in [4.69, 9.17) is 9.47 Å². The van der Waals surface area contributed by atoms with Gasteiger partial charge < -0.3 is 19.9 Å². The molecule has 1 saturated carbocycles. The average Bonchev–Trinajstić information content (AvgIpc) is 3.26. The summed E-state index contributed by atoms with van der Waals surface area (Å²) in [4.78, 5) is 0. The third kappa shape index (κ3) is 4.11. The molecule has 19 heavy (non-hydrogen) atoms. The first-order chi connectivity index (χ1) is 9.24. The van der Waals surface area contributed by atoms with Crippen LogP contribution in [0.1, 0.15) is 30.9 Å². The zero-order chi connectivity index (χ0) is 13.7. The monoisotopic (exact) mass is 265 g/mol. The van der Waals surface area contributed by atoms with Crippen LogP contribution in [0.2, 0.25) is 0 Å². The van der Waals surface area contributed by atoms with Gasteiger partial charge in [-0.1, -0.05) is 12.8 Å². The molecule has 1 atom stereocenters. The first-order valence-electron chi connectivity index (χ1n) is 6.85. The Hall–Kier alpha value is -1.26. The summed E-state index contributed by atoms with van der Waals surface area (Å²) in [6.07, 6.45) is 3.37. The average molecular weight is 265 g/mol. The maximum Gasteiger partial charge on any atom is 0.124 e. The minimum absolute atomic E-state index is 0.538. The first kappa shape index (κ1) is 14.2. The van der Waals surface area contributed by atoms with Gasteiger partial charge in [-0.05, 0) is 37.1 Å². The standard InChI is InChI=1S/C15H23NO3/c1-18-12-5-6-15(19-2)13(9-12)14(17)10-16-8-7-11-3-4-11/h5-6,9,11,14,16-17H,3-4,7-8,10H2,1-2H3. The number of ether oxygens (including phenoxy) is 2. The quantitative estimate of drug-likeness (QED) is 0.707. The normalized spacial score (nSPS) is 16.2. The van der Waals surface area contributed by atoms with Crippen LogP contribution in [0.4, 0.5) is 0 Å². The number of aliphatic hydroxyl groups excluding tert-OH is 1. The predicted molar refractivity (Wildman–Crippen MR) is 74.7 cm³/mol. The van der Waals surface area contributed by atoms with E-state index in [0.29, 0.717) is 12.3 Å². The van der Waals surface area contributed by atoms with E-state index in [1.54, 1.807) is 14.2 Å². The predicted octanol–water partition coefficient (Wildman–Crippen LogP) is 2.13. The van der Waals surface area contributed by atoms with E-state index in [1.165, 1.54) is 19.3 Å². The smallest absolute Gasteiger partial charge is 0.124 e. The fraction of sp³-hybridized carbons (Fsp3) is 0.600. The molecular formula is C15H23NO3. The van der Waals surface area contributed by atoms with Crippen LogP contribution in [0.3, 0.4) is 0 Å². The van der Waals surface area contributed by atoms with Gasteiger partial charge in [0, 0.05) is 12.1 Å². The Morgan fingerprint density at radius 1 is 1.32 bits per heavy atom. The van der Waals surface area contributed by atoms with Gasteiger partial charge in [-0.3, -0.25) is 0 Å². The largest absolute Gasteiger partial charge is 0.497 e. The summed E-state index contributed by atoms with van der Waals surface area (Å²) < 4.78 is 10.5. The lowest BCUT2D eigenvalue weighted by molar-refractivity contribution is 0.170. The molecule has 1 aliphatic carbocycles. The Morgan fingerprint density at radius 2 is 2.11 bits per heavy atom. The molecule has 2 rings (SSSR count). The first-order valence-corrected chi connectivity index (χ1v) is 6.85. The van der Waals surface area contributed by atoms with E-state index >= 15 is 0 Å². The van der Waals surface area contributed by atoms with E-state index in [1.807, 2.05) is 18.2 Å². The molecule has 2 N–H and O–H groups in total. The van der Waals surface area contributed by atoms with Crippen molar-refractivity contribution in [2.45, 2.75) is 25.4 Å². The number of hydrogen-bond acceptors (Lipinski definition) is 4. The second kappa shape index (κ2) is 6.78. The van der Waals surface area contributed by atoms with Gasteiger partial charge in [0.15, 0.2) is 0 Å². The molecule has 1 aromatic carbocycles. The second-order valence-corrected chi connectivity index (χ2v) is 5.06. The molecule has 0 radical (unpaired) electrons. The summed E-state index contributed by atoms with van der Waals surface area (Å²) in [5.74, 6) is 2.33. The maximum atomic E-state index is 10.2. The summed E-state index contributed by atoms with van der Waals surface area (Å²) in [6, 6.07) is 5.48. The van der Waals surface area contributed by atoms with Gasteiger partial charge >= 0.3 is 0 Å². The number of aliphatic hydroxyl groups is 1. The van der Waals surface area contributed by atoms with Crippen molar-refractivity contribution >= 4 is 0 Å². The molecule has 0 aliphatic heterocycles. The van der Waals surface area contributed by atoms with Gasteiger partial charge in [-0.2, -0.15) is 0 Å². The van der Waals surface area contributed by atoms with Gasteiger partial charge in [0.25, 0.3) is 0 Å². The Morgan fingerprint density at radius 3 is 2.74 bits per heavy atom. The van der Waals surface area contributed by atoms with Gasteiger partial charge in [0.1, 0.15) is 11.5 Å². The molecule has 0 spiro atoms. The van der Waals surface area contributed by atoms with Crippen molar-refractivity contribution in [1.29, 1.82) is 0 Å². The van der Waals surface area contributed by atoms with Crippen LogP contribution in [-0.4, -0.2) is 32.4 Å². The highest BCUT2D eigenvalue weighted by Crippen LogP contribution is 2.32. The van der Waals surface area contributed by atoms with E-state index < -0.39 is 6.10 Å². The fourth-order valence-corrected chi connectivity index (χ4v) is 2.16. The number of nitrogens with one attached hydrogen (secondary N) is 1. The van der Waals surface area contributed by atoms with Crippen LogP contribution in [0.5, 0.6) is 11.5 Å². The number of rotatable bonds is 8. The molecule has 1 fully saturated rings. The minimum atomic E-state index is -0.579. The van der Waals surface area contributed by atoms with Crippen molar-refractivity contribution in [3.05, 3.63) is 23.8 Å². The number of methoxy groups -OCH3 is 2. The van der Waals surface area contributed by atoms with Crippen molar-refractivity contribution in [1.82, 2.24) is 5.32 Å². The van der Waals surface area contributed by atoms with E-state index in [9.17, 15) is 5.11 Å². The Labute approximate surface area is 114 Å². The lowest BCUT2D eigenvalue weighted by atomic mass is 10.1. The molecule has 4 heteroatoms. The zero-order valence-corrected chi connectivity index (χ0v) is 11.7. The highest BCUT2D eigenvalue weighted by atomic mass is 16.5. The molecular weight excluding hydrogens is 242 g/mol. The fourth-order valence-electron chi connectivity index (χ4n) is 2.16. The minimum Gasteiger partial charge on any atom is -0.497 e. The third-order valence-electron chi connectivity index (χ3n) is 3.56. The van der Waals surface area contributed by atoms with Crippen LogP contribution in [-0.2, 0) is 0 Å². The van der Waals surface area contributed by atoms with Crippen LogP contribution in [0.25, 0.3) is 0 Å². The molecule has 106 valence electrons. The van der Waals surface area contributed by atoms with Crippen LogP contribution < -0.4 is 14.8 Å². The molecule has 0 aromatic heterocycles. The van der Waals surface area contributed by atoms with Gasteiger partial charge in [-0.15, -0.1) is 0 Å². The van der Waals surface area contributed by atoms with E-state index in [2.05, 4.69) is 5.32 Å². The maximum absolute atomic E-state index is 10.2. The summed E-state index contributed by atoms with van der Waals surface area (Å²) >= 11 is 0. The highest BCUT2D eigenvalue weighted by Gasteiger charge is 2.20. The summed E-state index contributed by atoms with van der Waals surface area (Å²) in [5, 5.41) is 13.5. The zero-order valence-electron chi connectivity index (χ0n) is 11.7. The number of hydrogen-bond donors (Lipinski definition) is 2. The summed E-state index contributed by atoms with van der Waals surface area (Å²) in [5.41, 5.74) is 0.765. The Kier molecular flexibility index (Phi) is 5.05. The molecule has 1 aromatic rings. The van der Waals surface area contributed by atoms with Crippen molar-refractivity contribution < 1.29 is 14.6 Å². The van der Waals surface area contributed by atoms with E-state index in [-0.39, 0.29) is 0 Å². The van der Waals surface area contributed by atoms with Crippen LogP contribution in [0.15, 0.2) is 18.2 Å². The molecule has 4 nitrogen and oxygen atoms in total. The van der Waals surface area contributed by atoms with Gasteiger partial charge in [0.2, 0.25) is 0 Å². The van der Waals surface area contributed by atoms with Crippen molar-refractivity contribution in [3.63, 3.8) is 0 Å². The summed E-state index contributed by atoms with van der Waals surface area (Å²) in [7, 11) is 3.23. The van der Waals surface area contributed by atoms with Crippen LogP contribution in [0, 0.1) is 5.92 Å². The number of benzene rings is 1. The third-order valence-corrected chi connectivity index (χ3v) is 3.56. The highest BCUT2D eigenvalue weighted by molar-refractivity contribution is 5.41. The lowest BCUT2D eigenvalue weighted by Gasteiger charge is -2.16. The lowest BCUT2D eigenvalue weighted by Crippen LogP contribution is -2.23. The topological polar surface area (TPSA) is 50.7 Å². The van der Waals surface area contributed by atoms with E-state index in [0.717, 1.165) is 23.8 Å². The van der Waals surface area contributed by atoms with Gasteiger partial charge in [0.05, 0.1) is 20.3 Å². The molecule has 0 bridgehead atoms. The van der Waals surface area contributed by atoms with Gasteiger partial charge in [-0.25, -0.2) is 0 Å². The van der Waals surface area contributed by atoms with Crippen molar-refractivity contribution in [3.8, 4) is 11.5 Å². The van der Waals surface area contributed by atoms with Crippen molar-refractivity contribution in [2.75, 3.05) is 27.3 Å². The second-order valence-electron chi connectivity index (χ2n) is 5.06. The molecule has 0 heterocycles. The Bertz CT molecular complexity index is 404. The van der Waals surface area contributed by atoms with Crippen LogP contribution >= 0.6 is 0 Å². The summed E-state index contributed by atoms with van der Waals surface area (Å²) in [6.45, 7) is 1.50. The van der Waals surface area contributed by atoms with Crippen molar-refractivity contribution in [2.24, 2.45) is 5.92 Å². The molecule has 1 aliphatic rings. The molecule has 0 saturated heterocycles.